The van der Waals surface area contributed by atoms with Gasteiger partial charge in [0.1, 0.15) is 0 Å². The number of Topliss-reactive ketones (excluding diaryl/α,β-unsaturated/α-hetero) is 1. The van der Waals surface area contributed by atoms with Crippen LogP contribution in [0.2, 0.25) is 0 Å². The molecule has 0 unspecified atom stereocenters. The molecule has 1 N–H and O–H groups in total. The first-order chi connectivity index (χ1) is 17.1. The van der Waals surface area contributed by atoms with Gasteiger partial charge in [-0.2, -0.15) is 0 Å². The van der Waals surface area contributed by atoms with Crippen molar-refractivity contribution in [2.75, 3.05) is 33.3 Å². The van der Waals surface area contributed by atoms with E-state index in [-0.39, 0.29) is 30.4 Å². The minimum Gasteiger partial charge on any atom is -0.480 e. The van der Waals surface area contributed by atoms with Gasteiger partial charge in [-0.3, -0.25) is 24.4 Å². The number of ether oxygens (including phenoxy) is 1. The predicted molar refractivity (Wildman–Crippen MR) is 127 cm³/mol. The van der Waals surface area contributed by atoms with E-state index in [0.717, 1.165) is 0 Å². The Morgan fingerprint density at radius 2 is 1.69 bits per heavy atom. The van der Waals surface area contributed by atoms with Gasteiger partial charge >= 0.3 is 0 Å². The fraction of sp³-hybridized carbons (Fsp3) is 0.200. The summed E-state index contributed by atoms with van der Waals surface area (Å²) in [5, 5.41) is 0.409. The molecule has 0 aliphatic carbocycles. The number of benzene rings is 1. The second-order valence-corrected chi connectivity index (χ2v) is 8.00. The number of ketones is 1. The summed E-state index contributed by atoms with van der Waals surface area (Å²) < 4.78 is 5.39. The molecule has 4 heterocycles. The molecular formula is C25H22N6O4. The first kappa shape index (κ1) is 22.2. The molecule has 1 aliphatic heterocycles. The molecule has 5 rings (SSSR count). The van der Waals surface area contributed by atoms with E-state index in [4.69, 9.17) is 4.74 Å². The van der Waals surface area contributed by atoms with Gasteiger partial charge in [0.2, 0.25) is 5.88 Å². The number of amides is 2. The molecule has 0 spiro atoms. The van der Waals surface area contributed by atoms with E-state index in [1.54, 1.807) is 41.8 Å². The number of rotatable bonds is 5. The molecule has 1 saturated heterocycles. The van der Waals surface area contributed by atoms with Gasteiger partial charge < -0.3 is 19.5 Å². The third kappa shape index (κ3) is 4.10. The minimum atomic E-state index is -0.671. The van der Waals surface area contributed by atoms with E-state index >= 15 is 0 Å². The molecule has 1 aliphatic rings. The highest BCUT2D eigenvalue weighted by molar-refractivity contribution is 6.45. The van der Waals surface area contributed by atoms with Crippen LogP contribution in [0, 0.1) is 0 Å². The van der Waals surface area contributed by atoms with Crippen molar-refractivity contribution in [1.29, 1.82) is 0 Å². The largest absolute Gasteiger partial charge is 0.480 e. The van der Waals surface area contributed by atoms with Crippen LogP contribution in [-0.2, 0) is 4.79 Å². The van der Waals surface area contributed by atoms with Crippen LogP contribution < -0.4 is 4.74 Å². The highest BCUT2D eigenvalue weighted by Crippen LogP contribution is 2.33. The Morgan fingerprint density at radius 3 is 2.37 bits per heavy atom. The Kier molecular flexibility index (Phi) is 5.92. The maximum atomic E-state index is 13.3. The Balaban J connectivity index is 1.37. The summed E-state index contributed by atoms with van der Waals surface area (Å²) >= 11 is 0. The average Bonchev–Trinajstić information content (AvgIpc) is 3.38. The van der Waals surface area contributed by atoms with Gasteiger partial charge in [-0.05, 0) is 12.1 Å². The third-order valence-corrected chi connectivity index (χ3v) is 6.02. The normalized spacial score (nSPS) is 13.6. The van der Waals surface area contributed by atoms with Crippen molar-refractivity contribution >= 4 is 28.5 Å². The number of hydrogen-bond acceptors (Lipinski definition) is 7. The molecule has 176 valence electrons. The molecule has 35 heavy (non-hydrogen) atoms. The number of H-pyrrole nitrogens is 1. The van der Waals surface area contributed by atoms with Crippen LogP contribution in [0.5, 0.6) is 5.88 Å². The second-order valence-electron chi connectivity index (χ2n) is 8.00. The number of carbonyl (C=O) groups excluding carboxylic acids is 3. The van der Waals surface area contributed by atoms with Crippen molar-refractivity contribution in [3.05, 3.63) is 72.4 Å². The molecule has 10 nitrogen and oxygen atoms in total. The zero-order chi connectivity index (χ0) is 24.4. The zero-order valence-electron chi connectivity index (χ0n) is 19.0. The molecule has 1 aromatic carbocycles. The fourth-order valence-corrected chi connectivity index (χ4v) is 4.21. The predicted octanol–water partition coefficient (Wildman–Crippen LogP) is 2.20. The van der Waals surface area contributed by atoms with Gasteiger partial charge in [-0.15, -0.1) is 0 Å². The van der Waals surface area contributed by atoms with Gasteiger partial charge in [0.15, 0.2) is 0 Å². The topological polar surface area (TPSA) is 121 Å². The number of fused-ring (bicyclic) bond motifs is 1. The van der Waals surface area contributed by atoms with Crippen LogP contribution in [0.1, 0.15) is 20.7 Å². The second kappa shape index (κ2) is 9.34. The van der Waals surface area contributed by atoms with Gasteiger partial charge in [0, 0.05) is 62.1 Å². The molecule has 0 atom stereocenters. The molecule has 0 saturated carbocycles. The van der Waals surface area contributed by atoms with Gasteiger partial charge in [-0.1, -0.05) is 18.2 Å². The quantitative estimate of drug-likeness (QED) is 0.351. The number of pyridine rings is 1. The maximum Gasteiger partial charge on any atom is 0.295 e. The number of nitrogens with one attached hydrogen (secondary N) is 1. The molecule has 1 fully saturated rings. The van der Waals surface area contributed by atoms with Crippen LogP contribution in [0.15, 0.2) is 61.3 Å². The number of aromatic nitrogens is 4. The van der Waals surface area contributed by atoms with E-state index in [0.29, 0.717) is 40.8 Å². The summed E-state index contributed by atoms with van der Waals surface area (Å²) in [5.41, 5.74) is 2.54. The Labute approximate surface area is 200 Å². The van der Waals surface area contributed by atoms with Crippen LogP contribution >= 0.6 is 0 Å². The average molecular weight is 470 g/mol. The molecular weight excluding hydrogens is 448 g/mol. The van der Waals surface area contributed by atoms with Crippen LogP contribution in [0.4, 0.5) is 0 Å². The molecule has 10 heteroatoms. The number of hydrogen-bond donors (Lipinski definition) is 1. The minimum absolute atomic E-state index is 0.0898. The fourth-order valence-electron chi connectivity index (χ4n) is 4.21. The van der Waals surface area contributed by atoms with Crippen molar-refractivity contribution < 1.29 is 19.1 Å². The first-order valence-corrected chi connectivity index (χ1v) is 11.1. The van der Waals surface area contributed by atoms with E-state index in [2.05, 4.69) is 19.9 Å². The summed E-state index contributed by atoms with van der Waals surface area (Å²) in [6.45, 7) is 1.24. The van der Waals surface area contributed by atoms with Crippen molar-refractivity contribution in [3.8, 4) is 17.1 Å². The number of nitrogens with zero attached hydrogens (tertiary/aromatic N) is 5. The summed E-state index contributed by atoms with van der Waals surface area (Å²) in [5.74, 6) is -1.17. The monoisotopic (exact) mass is 470 g/mol. The smallest absolute Gasteiger partial charge is 0.295 e. The number of aromatic amines is 1. The van der Waals surface area contributed by atoms with Gasteiger partial charge in [-0.25, -0.2) is 4.98 Å². The first-order valence-electron chi connectivity index (χ1n) is 11.1. The van der Waals surface area contributed by atoms with Crippen molar-refractivity contribution in [2.45, 2.75) is 0 Å². The Hall–Kier alpha value is -4.60. The van der Waals surface area contributed by atoms with E-state index in [1.807, 2.05) is 18.2 Å². The lowest BCUT2D eigenvalue weighted by Crippen LogP contribution is -2.52. The molecule has 2 amide bonds. The highest BCUT2D eigenvalue weighted by atomic mass is 16.5. The molecule has 0 bridgehead atoms. The van der Waals surface area contributed by atoms with Crippen LogP contribution in [0.3, 0.4) is 0 Å². The lowest BCUT2D eigenvalue weighted by atomic mass is 10.1. The Bertz CT molecular complexity index is 1400. The summed E-state index contributed by atoms with van der Waals surface area (Å²) in [7, 11) is 1.45. The number of piperazine rings is 1. The Morgan fingerprint density at radius 1 is 0.943 bits per heavy atom. The standard InChI is InChI=1S/C25H22N6O4/c1-35-23-20-18(14-28-21(20)17(13-29-23)19-15-26-7-8-27-19)22(32)25(34)31-11-9-30(10-12-31)24(33)16-5-3-2-4-6-16/h2-8,13-15,28H,9-12H2,1H3. The van der Waals surface area contributed by atoms with Crippen molar-refractivity contribution in [1.82, 2.24) is 29.7 Å². The number of methoxy groups -OCH3 is 1. The molecule has 0 radical (unpaired) electrons. The number of carbonyl (C=O) groups is 3. The van der Waals surface area contributed by atoms with E-state index in [1.165, 1.54) is 18.2 Å². The van der Waals surface area contributed by atoms with Crippen LogP contribution in [0.25, 0.3) is 22.2 Å². The summed E-state index contributed by atoms with van der Waals surface area (Å²) in [4.78, 5) is 58.0. The molecule has 3 aromatic heterocycles. The van der Waals surface area contributed by atoms with E-state index < -0.39 is 11.7 Å². The van der Waals surface area contributed by atoms with Crippen LogP contribution in [-0.4, -0.2) is 80.6 Å². The SMILES string of the molecule is COc1ncc(-c2cnccn2)c2[nH]cc(C(=O)C(=O)N3CCN(C(=O)c4ccccc4)CC3)c12. The summed E-state index contributed by atoms with van der Waals surface area (Å²) in [6, 6.07) is 9.00. The molecule has 4 aromatic rings. The maximum absolute atomic E-state index is 13.3. The third-order valence-electron chi connectivity index (χ3n) is 6.02. The lowest BCUT2D eigenvalue weighted by Gasteiger charge is -2.34. The van der Waals surface area contributed by atoms with Crippen molar-refractivity contribution in [3.63, 3.8) is 0 Å². The zero-order valence-corrected chi connectivity index (χ0v) is 19.0. The summed E-state index contributed by atoms with van der Waals surface area (Å²) in [6.07, 6.45) is 7.79. The lowest BCUT2D eigenvalue weighted by molar-refractivity contribution is -0.127. The van der Waals surface area contributed by atoms with Crippen molar-refractivity contribution in [2.24, 2.45) is 0 Å². The van der Waals surface area contributed by atoms with Gasteiger partial charge in [0.25, 0.3) is 17.6 Å². The van der Waals surface area contributed by atoms with E-state index in [9.17, 15) is 14.4 Å². The highest BCUT2D eigenvalue weighted by Gasteiger charge is 2.31. The van der Waals surface area contributed by atoms with Gasteiger partial charge in [0.05, 0.1) is 35.5 Å².